The van der Waals surface area contributed by atoms with E-state index in [1.807, 2.05) is 0 Å². The number of Topliss-reactive ketones (excluding diaryl/α,β-unsaturated/α-hetero) is 1. The number of methoxy groups -OCH3 is 1. The van der Waals surface area contributed by atoms with Crippen molar-refractivity contribution < 1.29 is 92.0 Å². The molecule has 5 N–H and O–H groups in total. The van der Waals surface area contributed by atoms with Gasteiger partial charge in [-0.15, -0.1) is 0 Å². The van der Waals surface area contributed by atoms with E-state index >= 15 is 8.78 Å². The first-order valence-corrected chi connectivity index (χ1v) is 19.3. The third-order valence-corrected chi connectivity index (χ3v) is 12.7. The van der Waals surface area contributed by atoms with Gasteiger partial charge in [0.1, 0.15) is 18.9 Å². The molecule has 0 amide bonds. The van der Waals surface area contributed by atoms with Crippen molar-refractivity contribution in [2.75, 3.05) is 26.9 Å². The molecule has 1 heterocycles. The average molecular weight is 857 g/mol. The van der Waals surface area contributed by atoms with E-state index in [4.69, 9.17) is 49.3 Å². The molecule has 10 atom stereocenters. The molecule has 5 aliphatic rings. The lowest BCUT2D eigenvalue weighted by Crippen LogP contribution is -2.71. The third kappa shape index (κ3) is 8.08. The summed E-state index contributed by atoms with van der Waals surface area (Å²) >= 11 is 0. The first-order chi connectivity index (χ1) is 28.1. The number of nitrogens with zero attached hydrogens (tertiary/aromatic N) is 2. The Labute approximate surface area is 342 Å². The third-order valence-electron chi connectivity index (χ3n) is 12.7. The second-order valence-electron chi connectivity index (χ2n) is 16.5. The van der Waals surface area contributed by atoms with Crippen molar-refractivity contribution in [2.45, 2.75) is 108 Å². The van der Waals surface area contributed by atoms with Crippen molar-refractivity contribution in [3.8, 4) is 11.5 Å². The highest BCUT2D eigenvalue weighted by atomic mass is 19.1. The van der Waals surface area contributed by atoms with Crippen molar-refractivity contribution in [2.24, 2.45) is 22.7 Å². The second-order valence-corrected chi connectivity index (χ2v) is 16.5. The van der Waals surface area contributed by atoms with Crippen LogP contribution in [0.1, 0.15) is 76.6 Å². The molecule has 3 unspecified atom stereocenters. The van der Waals surface area contributed by atoms with E-state index < -0.39 is 112 Å². The zero-order valence-electron chi connectivity index (χ0n) is 33.6. The SMILES string of the molecule is COc1cc(C(=O)OCCCCC(CON(O)O)ON(O)O)ccc1OC(=O)OCC(=O)[C@@]12OC(C)(C)O[C@@H]1CC1C3C[C@H](F)C4=CC(=O)C=C[C@]4(C)[C@@]3(F)[C@@H](O)C[C@@]12C. The van der Waals surface area contributed by atoms with Crippen LogP contribution in [0.2, 0.25) is 0 Å². The molecule has 60 heavy (non-hydrogen) atoms. The van der Waals surface area contributed by atoms with Crippen molar-refractivity contribution in [1.82, 2.24) is 10.8 Å². The Morgan fingerprint density at radius 3 is 2.42 bits per heavy atom. The standard InChI is InChI=1S/C39H50F2N2O17/c1-35(2)58-32-17-24-25-16-27(40)26-15-22(44)11-12-36(26,3)38(25,41)30(45)18-37(24,4)39(32,60-35)31(46)20-55-34(48)57-28-10-9-21(14-29(28)53-5)33(47)54-13-7-6-8-23(59-43(51)52)19-56-42(49)50/h9-12,14-15,23-25,27,30,32,45,49-52H,6-8,13,16-20H2,1-5H3/t23?,24?,25?,27-,30-,32+,36-,37-,38-,39+/m0/s1. The number of ketones is 2. The summed E-state index contributed by atoms with van der Waals surface area (Å²) in [5, 5.41) is 45.7. The second kappa shape index (κ2) is 17.0. The van der Waals surface area contributed by atoms with Crippen LogP contribution >= 0.6 is 0 Å². The van der Waals surface area contributed by atoms with Crippen LogP contribution in [-0.4, -0.2) is 129 Å². The number of fused-ring (bicyclic) bond motifs is 7. The molecule has 19 nitrogen and oxygen atoms in total. The van der Waals surface area contributed by atoms with Gasteiger partial charge in [0.15, 0.2) is 40.9 Å². The Morgan fingerprint density at radius 1 is 1.00 bits per heavy atom. The molecule has 1 aromatic rings. The molecule has 0 radical (unpaired) electrons. The predicted octanol–water partition coefficient (Wildman–Crippen LogP) is 4.32. The maximum atomic E-state index is 17.7. The van der Waals surface area contributed by atoms with E-state index in [-0.39, 0.29) is 54.9 Å². The van der Waals surface area contributed by atoms with Crippen LogP contribution in [0.3, 0.4) is 0 Å². The van der Waals surface area contributed by atoms with E-state index in [0.29, 0.717) is 12.8 Å². The molecule has 0 aromatic heterocycles. The van der Waals surface area contributed by atoms with E-state index in [1.165, 1.54) is 44.4 Å². The summed E-state index contributed by atoms with van der Waals surface area (Å²) in [4.78, 5) is 61.4. The molecule has 0 spiro atoms. The van der Waals surface area contributed by atoms with Gasteiger partial charge in [0.05, 0.1) is 42.3 Å². The summed E-state index contributed by atoms with van der Waals surface area (Å²) in [6, 6.07) is 3.77. The highest BCUT2D eigenvalue weighted by Gasteiger charge is 2.80. The summed E-state index contributed by atoms with van der Waals surface area (Å²) in [6.45, 7) is 4.94. The molecule has 1 aliphatic heterocycles. The van der Waals surface area contributed by atoms with Crippen LogP contribution in [0.4, 0.5) is 13.6 Å². The molecular formula is C39H50F2N2O17. The number of aliphatic hydroxyl groups excluding tert-OH is 1. The molecule has 6 rings (SSSR count). The normalized spacial score (nSPS) is 34.3. The van der Waals surface area contributed by atoms with E-state index in [9.17, 15) is 24.3 Å². The number of carbonyl (C=O) groups excluding carboxylic acids is 4. The molecule has 4 fully saturated rings. The van der Waals surface area contributed by atoms with Crippen molar-refractivity contribution in [3.63, 3.8) is 0 Å². The van der Waals surface area contributed by atoms with Crippen LogP contribution in [-0.2, 0) is 38.2 Å². The molecule has 1 aromatic carbocycles. The van der Waals surface area contributed by atoms with Gasteiger partial charge in [0.25, 0.3) is 0 Å². The Kier molecular flexibility index (Phi) is 12.9. The Balaban J connectivity index is 1.09. The van der Waals surface area contributed by atoms with Crippen LogP contribution in [0.5, 0.6) is 11.5 Å². The minimum Gasteiger partial charge on any atom is -0.493 e. The van der Waals surface area contributed by atoms with Gasteiger partial charge in [-0.3, -0.25) is 30.4 Å². The number of aliphatic hydroxyl groups is 1. The first-order valence-electron chi connectivity index (χ1n) is 19.3. The molecule has 332 valence electrons. The Bertz CT molecular complexity index is 1900. The summed E-state index contributed by atoms with van der Waals surface area (Å²) in [5.74, 6) is -5.39. The molecule has 3 saturated carbocycles. The topological polar surface area (TPSA) is 250 Å². The molecular weight excluding hydrogens is 806 g/mol. The summed E-state index contributed by atoms with van der Waals surface area (Å²) in [6.07, 6.45) is -2.93. The first kappa shape index (κ1) is 45.5. The van der Waals surface area contributed by atoms with Gasteiger partial charge in [-0.1, -0.05) is 13.0 Å². The summed E-state index contributed by atoms with van der Waals surface area (Å²) in [7, 11) is 1.25. The van der Waals surface area contributed by atoms with Gasteiger partial charge in [-0.05, 0) is 101 Å². The van der Waals surface area contributed by atoms with Crippen molar-refractivity contribution >= 4 is 23.7 Å². The van der Waals surface area contributed by atoms with Crippen molar-refractivity contribution in [1.29, 1.82) is 0 Å². The fraction of sp³-hybridized carbons (Fsp3) is 0.641. The largest absolute Gasteiger partial charge is 0.514 e. The number of hydrogen-bond acceptors (Lipinski definition) is 19. The van der Waals surface area contributed by atoms with Gasteiger partial charge in [-0.25, -0.2) is 28.0 Å². The maximum absolute atomic E-state index is 17.7. The lowest BCUT2D eigenvalue weighted by molar-refractivity contribution is -0.527. The number of allylic oxidation sites excluding steroid dienone is 4. The minimum atomic E-state index is -2.40. The number of halogens is 2. The highest BCUT2D eigenvalue weighted by Crippen LogP contribution is 2.72. The van der Waals surface area contributed by atoms with Crippen molar-refractivity contribution in [3.05, 3.63) is 47.6 Å². The fourth-order valence-electron chi connectivity index (χ4n) is 10.2. The number of unbranched alkanes of at least 4 members (excludes halogenated alkanes) is 1. The number of hydrogen-bond donors (Lipinski definition) is 5. The molecule has 4 aliphatic carbocycles. The molecule has 21 heteroatoms. The Morgan fingerprint density at radius 2 is 1.73 bits per heavy atom. The van der Waals surface area contributed by atoms with Crippen LogP contribution in [0.25, 0.3) is 0 Å². The lowest BCUT2D eigenvalue weighted by atomic mass is 9.44. The lowest BCUT2D eigenvalue weighted by Gasteiger charge is -2.63. The maximum Gasteiger partial charge on any atom is 0.514 e. The Hall–Kier alpha value is -4.00. The molecule has 0 bridgehead atoms. The zero-order valence-corrected chi connectivity index (χ0v) is 33.6. The van der Waals surface area contributed by atoms with Gasteiger partial charge >= 0.3 is 12.1 Å². The number of benzene rings is 1. The quantitative estimate of drug-likeness (QED) is 0.0672. The predicted molar refractivity (Wildman–Crippen MR) is 193 cm³/mol. The van der Waals surface area contributed by atoms with E-state index in [1.54, 1.807) is 20.8 Å². The van der Waals surface area contributed by atoms with Crippen LogP contribution in [0, 0.1) is 22.7 Å². The van der Waals surface area contributed by atoms with E-state index in [2.05, 4.69) is 9.68 Å². The van der Waals surface area contributed by atoms with Gasteiger partial charge in [-0.2, -0.15) is 0 Å². The van der Waals surface area contributed by atoms with Crippen LogP contribution in [0.15, 0.2) is 42.0 Å². The number of esters is 1. The van der Waals surface area contributed by atoms with Gasteiger partial charge in [0, 0.05) is 16.7 Å². The fourth-order valence-corrected chi connectivity index (χ4v) is 10.2. The number of ether oxygens (including phenoxy) is 6. The number of alkyl halides is 2. The smallest absolute Gasteiger partial charge is 0.493 e. The number of carbonyl (C=O) groups is 4. The van der Waals surface area contributed by atoms with E-state index in [0.717, 1.165) is 6.08 Å². The minimum absolute atomic E-state index is 0.0213. The van der Waals surface area contributed by atoms with Gasteiger partial charge < -0.3 is 33.5 Å². The summed E-state index contributed by atoms with van der Waals surface area (Å²) in [5.41, 5.74) is -7.23. The number of rotatable bonds is 16. The summed E-state index contributed by atoms with van der Waals surface area (Å²) < 4.78 is 67.5. The molecule has 1 saturated heterocycles. The van der Waals surface area contributed by atoms with Gasteiger partial charge in [0.2, 0.25) is 5.78 Å². The van der Waals surface area contributed by atoms with Crippen LogP contribution < -0.4 is 9.47 Å². The highest BCUT2D eigenvalue weighted by molar-refractivity contribution is 6.01. The zero-order chi connectivity index (χ0) is 44.0. The monoisotopic (exact) mass is 856 g/mol. The average Bonchev–Trinajstić information content (AvgIpc) is 3.59.